The molecule has 1 heterocycles. The van der Waals surface area contributed by atoms with Gasteiger partial charge in [0.2, 0.25) is 5.88 Å². The number of nitrogens with zero attached hydrogens (tertiary/aromatic N) is 3. The predicted molar refractivity (Wildman–Crippen MR) is 78.5 cm³/mol. The molecule has 8 nitrogen and oxygen atoms in total. The van der Waals surface area contributed by atoms with E-state index in [0.717, 1.165) is 6.20 Å². The lowest BCUT2D eigenvalue weighted by Crippen LogP contribution is -1.97. The van der Waals surface area contributed by atoms with Gasteiger partial charge in [0, 0.05) is 11.6 Å². The van der Waals surface area contributed by atoms with E-state index < -0.39 is 9.85 Å². The first-order valence-corrected chi connectivity index (χ1v) is 6.41. The van der Waals surface area contributed by atoms with Gasteiger partial charge in [0.05, 0.1) is 15.9 Å². The second kappa shape index (κ2) is 5.94. The summed E-state index contributed by atoms with van der Waals surface area (Å²) < 4.78 is 5.47. The van der Waals surface area contributed by atoms with Gasteiger partial charge in [-0.25, -0.2) is 4.98 Å². The van der Waals surface area contributed by atoms with E-state index in [0.29, 0.717) is 11.1 Å². The van der Waals surface area contributed by atoms with Crippen molar-refractivity contribution in [2.45, 2.75) is 13.8 Å². The van der Waals surface area contributed by atoms with E-state index in [1.54, 1.807) is 13.8 Å². The number of nitro groups is 2. The molecule has 0 aliphatic heterocycles. The minimum Gasteiger partial charge on any atom is -0.438 e. The quantitative estimate of drug-likeness (QED) is 0.622. The van der Waals surface area contributed by atoms with Crippen LogP contribution in [-0.4, -0.2) is 14.8 Å². The SMILES string of the molecule is Cc1cc(Cl)c([N+](=O)[O-])cc1Oc1cc(C)c([N+](=O)[O-])cn1. The van der Waals surface area contributed by atoms with Crippen molar-refractivity contribution in [1.29, 1.82) is 0 Å². The van der Waals surface area contributed by atoms with Crippen LogP contribution in [0.5, 0.6) is 11.6 Å². The highest BCUT2D eigenvalue weighted by Crippen LogP contribution is 2.34. The number of benzene rings is 1. The first-order chi connectivity index (χ1) is 10.3. The summed E-state index contributed by atoms with van der Waals surface area (Å²) in [5, 5.41) is 21.6. The smallest absolute Gasteiger partial charge is 0.291 e. The van der Waals surface area contributed by atoms with Crippen LogP contribution in [0.4, 0.5) is 11.4 Å². The van der Waals surface area contributed by atoms with Gasteiger partial charge in [-0.3, -0.25) is 20.2 Å². The average molecular weight is 324 g/mol. The summed E-state index contributed by atoms with van der Waals surface area (Å²) in [7, 11) is 0. The zero-order chi connectivity index (χ0) is 16.4. The van der Waals surface area contributed by atoms with Gasteiger partial charge < -0.3 is 4.74 Å². The van der Waals surface area contributed by atoms with Crippen molar-refractivity contribution in [1.82, 2.24) is 4.98 Å². The van der Waals surface area contributed by atoms with Crippen molar-refractivity contribution in [3.05, 3.63) is 60.8 Å². The number of aryl methyl sites for hydroxylation is 2. The van der Waals surface area contributed by atoms with E-state index in [9.17, 15) is 20.2 Å². The number of halogens is 1. The molecule has 1 aromatic heterocycles. The van der Waals surface area contributed by atoms with E-state index in [1.165, 1.54) is 18.2 Å². The molecule has 1 aromatic carbocycles. The Morgan fingerprint density at radius 2 is 1.68 bits per heavy atom. The molecule has 114 valence electrons. The zero-order valence-corrected chi connectivity index (χ0v) is 12.3. The summed E-state index contributed by atoms with van der Waals surface area (Å²) in [5.41, 5.74) is 0.525. The third kappa shape index (κ3) is 3.12. The molecule has 0 saturated carbocycles. The normalized spacial score (nSPS) is 10.3. The van der Waals surface area contributed by atoms with Crippen molar-refractivity contribution < 1.29 is 14.6 Å². The number of rotatable bonds is 4. The van der Waals surface area contributed by atoms with Gasteiger partial charge in [0.1, 0.15) is 17.0 Å². The number of hydrogen-bond donors (Lipinski definition) is 0. The maximum atomic E-state index is 10.9. The molecule has 0 N–H and O–H groups in total. The third-order valence-electron chi connectivity index (χ3n) is 2.91. The molecule has 2 rings (SSSR count). The second-order valence-electron chi connectivity index (χ2n) is 4.49. The molecule has 0 bridgehead atoms. The number of aromatic nitrogens is 1. The first-order valence-electron chi connectivity index (χ1n) is 6.03. The summed E-state index contributed by atoms with van der Waals surface area (Å²) in [6.07, 6.45) is 1.07. The summed E-state index contributed by atoms with van der Waals surface area (Å²) >= 11 is 5.79. The molecule has 0 amide bonds. The fourth-order valence-electron chi connectivity index (χ4n) is 1.77. The standard InChI is InChI=1S/C13H10ClN3O5/c1-7-4-13(15-6-11(7)17(20)21)22-12-5-10(16(18)19)9(14)3-8(12)2/h3-6H,1-2H3. The fraction of sp³-hybridized carbons (Fsp3) is 0.154. The van der Waals surface area contributed by atoms with Crippen molar-refractivity contribution >= 4 is 23.0 Å². The number of ether oxygens (including phenoxy) is 1. The highest BCUT2D eigenvalue weighted by atomic mass is 35.5. The molecule has 2 aromatic rings. The average Bonchev–Trinajstić information content (AvgIpc) is 2.41. The molecule has 0 radical (unpaired) electrons. The minimum atomic E-state index is -0.622. The summed E-state index contributed by atoms with van der Waals surface area (Å²) in [4.78, 5) is 24.3. The van der Waals surface area contributed by atoms with Crippen molar-refractivity contribution in [2.24, 2.45) is 0 Å². The van der Waals surface area contributed by atoms with E-state index in [1.807, 2.05) is 0 Å². The lowest BCUT2D eigenvalue weighted by Gasteiger charge is -2.09. The Labute approximate surface area is 129 Å². The summed E-state index contributed by atoms with van der Waals surface area (Å²) in [5.74, 6) is 0.305. The van der Waals surface area contributed by atoms with Gasteiger partial charge in [-0.2, -0.15) is 0 Å². The van der Waals surface area contributed by atoms with Gasteiger partial charge in [-0.15, -0.1) is 0 Å². The molecule has 0 aliphatic carbocycles. The second-order valence-corrected chi connectivity index (χ2v) is 4.90. The van der Waals surface area contributed by atoms with Crippen molar-refractivity contribution in [3.8, 4) is 11.6 Å². The molecule has 0 fully saturated rings. The Morgan fingerprint density at radius 1 is 1.05 bits per heavy atom. The molecule has 0 unspecified atom stereocenters. The topological polar surface area (TPSA) is 108 Å². The molecule has 0 atom stereocenters. The molecule has 0 saturated heterocycles. The summed E-state index contributed by atoms with van der Waals surface area (Å²) in [6.45, 7) is 3.22. The number of nitro benzene ring substituents is 1. The Hall–Kier alpha value is -2.74. The highest BCUT2D eigenvalue weighted by Gasteiger charge is 2.18. The van der Waals surface area contributed by atoms with E-state index in [-0.39, 0.29) is 28.0 Å². The van der Waals surface area contributed by atoms with Gasteiger partial charge in [0.25, 0.3) is 11.4 Å². The minimum absolute atomic E-state index is 0.00249. The molecular weight excluding hydrogens is 314 g/mol. The Balaban J connectivity index is 2.39. The maximum absolute atomic E-state index is 10.9. The summed E-state index contributed by atoms with van der Waals surface area (Å²) in [6, 6.07) is 3.99. The van der Waals surface area contributed by atoms with E-state index in [2.05, 4.69) is 4.98 Å². The third-order valence-corrected chi connectivity index (χ3v) is 3.21. The highest BCUT2D eigenvalue weighted by molar-refractivity contribution is 6.32. The number of pyridine rings is 1. The Kier molecular flexibility index (Phi) is 4.22. The fourth-order valence-corrected chi connectivity index (χ4v) is 2.06. The molecular formula is C13H10ClN3O5. The first kappa shape index (κ1) is 15.6. The van der Waals surface area contributed by atoms with Crippen LogP contribution >= 0.6 is 11.6 Å². The van der Waals surface area contributed by atoms with Crippen molar-refractivity contribution in [3.63, 3.8) is 0 Å². The van der Waals surface area contributed by atoms with Crippen LogP contribution in [0.2, 0.25) is 5.02 Å². The number of hydrogen-bond acceptors (Lipinski definition) is 6. The van der Waals surface area contributed by atoms with Crippen LogP contribution in [0, 0.1) is 34.1 Å². The Bertz CT molecular complexity index is 779. The largest absolute Gasteiger partial charge is 0.438 e. The van der Waals surface area contributed by atoms with Gasteiger partial charge >= 0.3 is 0 Å². The predicted octanol–water partition coefficient (Wildman–Crippen LogP) is 3.96. The van der Waals surface area contributed by atoms with Crippen LogP contribution in [0.15, 0.2) is 24.4 Å². The Morgan fingerprint density at radius 3 is 2.23 bits per heavy atom. The van der Waals surface area contributed by atoms with E-state index >= 15 is 0 Å². The van der Waals surface area contributed by atoms with Crippen LogP contribution in [0.25, 0.3) is 0 Å². The van der Waals surface area contributed by atoms with Crippen LogP contribution in [0.1, 0.15) is 11.1 Å². The lowest BCUT2D eigenvalue weighted by molar-refractivity contribution is -0.385. The van der Waals surface area contributed by atoms with Crippen LogP contribution in [-0.2, 0) is 0 Å². The lowest BCUT2D eigenvalue weighted by atomic mass is 10.2. The van der Waals surface area contributed by atoms with E-state index in [4.69, 9.17) is 16.3 Å². The maximum Gasteiger partial charge on any atom is 0.291 e. The van der Waals surface area contributed by atoms with Crippen LogP contribution < -0.4 is 4.74 Å². The van der Waals surface area contributed by atoms with Gasteiger partial charge in [-0.05, 0) is 25.5 Å². The molecule has 0 aliphatic rings. The van der Waals surface area contributed by atoms with Crippen molar-refractivity contribution in [2.75, 3.05) is 0 Å². The molecule has 22 heavy (non-hydrogen) atoms. The molecule has 9 heteroatoms. The van der Waals surface area contributed by atoms with Gasteiger partial charge in [-0.1, -0.05) is 11.6 Å². The molecule has 0 spiro atoms. The monoisotopic (exact) mass is 323 g/mol. The van der Waals surface area contributed by atoms with Crippen LogP contribution in [0.3, 0.4) is 0 Å². The van der Waals surface area contributed by atoms with Gasteiger partial charge in [0.15, 0.2) is 0 Å². The zero-order valence-electron chi connectivity index (χ0n) is 11.6.